The highest BCUT2D eigenvalue weighted by Gasteiger charge is 2.12. The van der Waals surface area contributed by atoms with Gasteiger partial charge in [-0.3, -0.25) is 4.79 Å². The largest absolute Gasteiger partial charge is 0.321 e. The van der Waals surface area contributed by atoms with Gasteiger partial charge in [0, 0.05) is 10.6 Å². The van der Waals surface area contributed by atoms with Gasteiger partial charge in [0.05, 0.1) is 22.8 Å². The summed E-state index contributed by atoms with van der Waals surface area (Å²) in [6, 6.07) is 11.9. The molecule has 0 fully saturated rings. The number of benzene rings is 2. The van der Waals surface area contributed by atoms with Crippen molar-refractivity contribution in [2.75, 3.05) is 11.9 Å². The van der Waals surface area contributed by atoms with Crippen molar-refractivity contribution in [1.82, 2.24) is 0 Å². The van der Waals surface area contributed by atoms with E-state index in [4.69, 9.17) is 28.9 Å². The van der Waals surface area contributed by atoms with Crippen molar-refractivity contribution in [3.05, 3.63) is 63.6 Å². The van der Waals surface area contributed by atoms with Crippen LogP contribution in [0, 0.1) is 11.8 Å². The van der Waals surface area contributed by atoms with Crippen LogP contribution in [0.3, 0.4) is 0 Å². The molecule has 0 aromatic heterocycles. The number of halogens is 2. The maximum Gasteiger partial charge on any atom is 0.257 e. The summed E-state index contributed by atoms with van der Waals surface area (Å²) in [6.45, 7) is 0.252. The number of carbonyl (C=O) groups is 1. The summed E-state index contributed by atoms with van der Waals surface area (Å²) in [5.74, 6) is 5.32. The number of hydrogen-bond donors (Lipinski definition) is 2. The molecular weight excluding hydrogens is 307 g/mol. The molecule has 0 radical (unpaired) electrons. The Labute approximate surface area is 133 Å². The predicted octanol–water partition coefficient (Wildman–Crippen LogP) is 3.56. The molecule has 0 aliphatic rings. The zero-order valence-electron chi connectivity index (χ0n) is 11.0. The third-order valence-corrected chi connectivity index (χ3v) is 3.24. The number of anilines is 1. The average Bonchev–Trinajstić information content (AvgIpc) is 2.48. The molecule has 3 N–H and O–H groups in total. The Balaban J connectivity index is 2.30. The molecule has 3 nitrogen and oxygen atoms in total. The molecule has 2 aromatic rings. The van der Waals surface area contributed by atoms with E-state index in [2.05, 4.69) is 17.2 Å². The van der Waals surface area contributed by atoms with Crippen LogP contribution < -0.4 is 11.1 Å². The zero-order chi connectivity index (χ0) is 15.2. The minimum Gasteiger partial charge on any atom is -0.321 e. The maximum absolute atomic E-state index is 12.3. The van der Waals surface area contributed by atoms with Gasteiger partial charge >= 0.3 is 0 Å². The first kappa shape index (κ1) is 15.4. The molecule has 0 aliphatic heterocycles. The number of nitrogens with two attached hydrogens (primary N) is 1. The lowest BCUT2D eigenvalue weighted by atomic mass is 10.1. The molecule has 0 unspecified atom stereocenters. The fourth-order valence-electron chi connectivity index (χ4n) is 1.71. The Morgan fingerprint density at radius 3 is 2.71 bits per heavy atom. The first-order chi connectivity index (χ1) is 10.1. The van der Waals surface area contributed by atoms with Gasteiger partial charge in [-0.1, -0.05) is 47.2 Å². The number of amides is 1. The van der Waals surface area contributed by atoms with Crippen LogP contribution in [-0.4, -0.2) is 12.5 Å². The van der Waals surface area contributed by atoms with E-state index in [0.717, 1.165) is 0 Å². The van der Waals surface area contributed by atoms with Crippen LogP contribution in [-0.2, 0) is 0 Å². The Hall–Kier alpha value is -1.99. The van der Waals surface area contributed by atoms with Crippen molar-refractivity contribution in [3.63, 3.8) is 0 Å². The van der Waals surface area contributed by atoms with Crippen molar-refractivity contribution in [1.29, 1.82) is 0 Å². The lowest BCUT2D eigenvalue weighted by molar-refractivity contribution is 0.102. The van der Waals surface area contributed by atoms with Crippen LogP contribution in [0.5, 0.6) is 0 Å². The molecule has 0 atom stereocenters. The molecule has 0 aliphatic carbocycles. The van der Waals surface area contributed by atoms with Crippen LogP contribution in [0.15, 0.2) is 42.5 Å². The van der Waals surface area contributed by atoms with Gasteiger partial charge in [-0.05, 0) is 30.3 Å². The van der Waals surface area contributed by atoms with E-state index in [1.165, 1.54) is 6.07 Å². The fourth-order valence-corrected chi connectivity index (χ4v) is 2.08. The van der Waals surface area contributed by atoms with Crippen LogP contribution in [0.4, 0.5) is 5.69 Å². The molecule has 0 heterocycles. The van der Waals surface area contributed by atoms with Crippen molar-refractivity contribution in [2.45, 2.75) is 0 Å². The number of carbonyl (C=O) groups excluding carboxylic acids is 1. The second kappa shape index (κ2) is 7.14. The molecule has 0 bridgehead atoms. The van der Waals surface area contributed by atoms with Gasteiger partial charge in [0.1, 0.15) is 0 Å². The lowest BCUT2D eigenvalue weighted by Crippen LogP contribution is -2.13. The summed E-state index contributed by atoms with van der Waals surface area (Å²) < 4.78 is 0. The Morgan fingerprint density at radius 2 is 1.95 bits per heavy atom. The summed E-state index contributed by atoms with van der Waals surface area (Å²) in [7, 11) is 0. The van der Waals surface area contributed by atoms with Gasteiger partial charge in [0.25, 0.3) is 5.91 Å². The molecule has 1 amide bonds. The van der Waals surface area contributed by atoms with Gasteiger partial charge < -0.3 is 11.1 Å². The summed E-state index contributed by atoms with van der Waals surface area (Å²) in [5, 5.41) is 3.56. The molecule has 5 heteroatoms. The van der Waals surface area contributed by atoms with Gasteiger partial charge in [0.2, 0.25) is 0 Å². The Morgan fingerprint density at radius 1 is 1.19 bits per heavy atom. The zero-order valence-corrected chi connectivity index (χ0v) is 12.5. The van der Waals surface area contributed by atoms with E-state index in [1.807, 2.05) is 12.1 Å². The normalized spacial score (nSPS) is 9.67. The molecule has 0 spiro atoms. The molecule has 0 saturated carbocycles. The summed E-state index contributed by atoms with van der Waals surface area (Å²) in [6.07, 6.45) is 0. The van der Waals surface area contributed by atoms with Crippen molar-refractivity contribution < 1.29 is 4.79 Å². The van der Waals surface area contributed by atoms with Crippen LogP contribution >= 0.6 is 23.2 Å². The second-order valence-corrected chi connectivity index (χ2v) is 4.97. The Bertz CT molecular complexity index is 733. The summed E-state index contributed by atoms with van der Waals surface area (Å²) in [5.41, 5.74) is 6.96. The molecule has 21 heavy (non-hydrogen) atoms. The van der Waals surface area contributed by atoms with E-state index in [9.17, 15) is 4.79 Å². The highest BCUT2D eigenvalue weighted by atomic mass is 35.5. The minimum atomic E-state index is -0.343. The summed E-state index contributed by atoms with van der Waals surface area (Å²) in [4.78, 5) is 12.3. The van der Waals surface area contributed by atoms with Crippen molar-refractivity contribution >= 4 is 34.8 Å². The highest BCUT2D eigenvalue weighted by Crippen LogP contribution is 2.22. The average molecular weight is 319 g/mol. The smallest absolute Gasteiger partial charge is 0.257 e. The topological polar surface area (TPSA) is 55.1 Å². The van der Waals surface area contributed by atoms with Crippen LogP contribution in [0.2, 0.25) is 10.0 Å². The quantitative estimate of drug-likeness (QED) is 0.832. The fraction of sp³-hybridized carbons (Fsp3) is 0.0625. The van der Waals surface area contributed by atoms with Gasteiger partial charge in [-0.25, -0.2) is 0 Å². The first-order valence-corrected chi connectivity index (χ1v) is 6.92. The Kier molecular flexibility index (Phi) is 5.24. The number of rotatable bonds is 2. The minimum absolute atomic E-state index is 0.252. The molecule has 106 valence electrons. The van der Waals surface area contributed by atoms with Gasteiger partial charge in [-0.2, -0.15) is 0 Å². The molecule has 2 rings (SSSR count). The van der Waals surface area contributed by atoms with E-state index in [1.54, 1.807) is 24.3 Å². The van der Waals surface area contributed by atoms with Crippen LogP contribution in [0.25, 0.3) is 0 Å². The monoisotopic (exact) mass is 318 g/mol. The molecule has 0 saturated heterocycles. The van der Waals surface area contributed by atoms with Crippen molar-refractivity contribution in [2.24, 2.45) is 5.73 Å². The third kappa shape index (κ3) is 3.99. The summed E-state index contributed by atoms with van der Waals surface area (Å²) >= 11 is 11.9. The van der Waals surface area contributed by atoms with E-state index >= 15 is 0 Å². The van der Waals surface area contributed by atoms with E-state index in [-0.39, 0.29) is 12.5 Å². The van der Waals surface area contributed by atoms with E-state index in [0.29, 0.717) is 26.9 Å². The van der Waals surface area contributed by atoms with E-state index < -0.39 is 0 Å². The third-order valence-electron chi connectivity index (χ3n) is 2.67. The molecule has 2 aromatic carbocycles. The number of para-hydroxylation sites is 1. The predicted molar refractivity (Wildman–Crippen MR) is 86.8 cm³/mol. The maximum atomic E-state index is 12.3. The highest BCUT2D eigenvalue weighted by molar-refractivity contribution is 6.36. The lowest BCUT2D eigenvalue weighted by Gasteiger charge is -2.09. The number of nitrogens with one attached hydrogen (secondary N) is 1. The SMILES string of the molecule is NCC#Cc1ccccc1NC(=O)c1cc(Cl)ccc1Cl. The second-order valence-electron chi connectivity index (χ2n) is 4.13. The number of hydrogen-bond acceptors (Lipinski definition) is 2. The standard InChI is InChI=1S/C16H12Cl2N2O/c17-12-7-8-14(18)13(10-12)16(21)20-15-6-2-1-4-11(15)5-3-9-19/h1-2,4,6-8,10H,9,19H2,(H,20,21). The van der Waals surface area contributed by atoms with Gasteiger partial charge in [-0.15, -0.1) is 0 Å². The van der Waals surface area contributed by atoms with Crippen molar-refractivity contribution in [3.8, 4) is 11.8 Å². The van der Waals surface area contributed by atoms with Gasteiger partial charge in [0.15, 0.2) is 0 Å². The first-order valence-electron chi connectivity index (χ1n) is 6.16. The van der Waals surface area contributed by atoms with Crippen LogP contribution in [0.1, 0.15) is 15.9 Å². The molecular formula is C16H12Cl2N2O.